The summed E-state index contributed by atoms with van der Waals surface area (Å²) in [6, 6.07) is 5.63. The maximum absolute atomic E-state index is 12.2. The molecule has 0 aliphatic rings. The van der Waals surface area contributed by atoms with Gasteiger partial charge in [0.1, 0.15) is 0 Å². The van der Waals surface area contributed by atoms with E-state index in [2.05, 4.69) is 21.2 Å². The zero-order valence-corrected chi connectivity index (χ0v) is 13.4. The van der Waals surface area contributed by atoms with Crippen LogP contribution >= 0.6 is 27.3 Å². The molecule has 0 atom stereocenters. The quantitative estimate of drug-likeness (QED) is 0.803. The van der Waals surface area contributed by atoms with Gasteiger partial charge >= 0.3 is 0 Å². The van der Waals surface area contributed by atoms with Crippen molar-refractivity contribution in [2.24, 2.45) is 0 Å². The number of aryl methyl sites for hydroxylation is 2. The monoisotopic (exact) mass is 338 g/mol. The second-order valence-corrected chi connectivity index (χ2v) is 6.86. The van der Waals surface area contributed by atoms with E-state index in [0.717, 1.165) is 20.5 Å². The van der Waals surface area contributed by atoms with Crippen LogP contribution in [0.25, 0.3) is 0 Å². The molecule has 1 aromatic carbocycles. The number of hydrogen-bond acceptors (Lipinski definition) is 3. The normalized spacial score (nSPS) is 10.5. The summed E-state index contributed by atoms with van der Waals surface area (Å²) in [6.07, 6.45) is 0. The highest BCUT2D eigenvalue weighted by Gasteiger charge is 2.14. The molecule has 0 radical (unpaired) electrons. The number of thiophene rings is 1. The molecule has 3 N–H and O–H groups in total. The van der Waals surface area contributed by atoms with Gasteiger partial charge in [-0.25, -0.2) is 0 Å². The fourth-order valence-corrected chi connectivity index (χ4v) is 3.18. The number of carbonyl (C=O) groups excluding carboxylic acids is 1. The van der Waals surface area contributed by atoms with Crippen molar-refractivity contribution in [3.05, 3.63) is 43.6 Å². The molecule has 0 fully saturated rings. The molecule has 2 aromatic rings. The number of benzene rings is 1. The third kappa shape index (κ3) is 2.82. The first kappa shape index (κ1) is 14.1. The fourth-order valence-electron chi connectivity index (χ4n) is 1.75. The first-order valence-electron chi connectivity index (χ1n) is 5.83. The fraction of sp³-hybridized carbons (Fsp3) is 0.214. The van der Waals surface area contributed by atoms with Gasteiger partial charge < -0.3 is 11.1 Å². The lowest BCUT2D eigenvalue weighted by molar-refractivity contribution is 0.103. The molecule has 1 aromatic heterocycles. The van der Waals surface area contributed by atoms with E-state index in [9.17, 15) is 4.79 Å². The van der Waals surface area contributed by atoms with Gasteiger partial charge in [0.25, 0.3) is 5.91 Å². The number of halogens is 1. The zero-order valence-electron chi connectivity index (χ0n) is 11.0. The van der Waals surface area contributed by atoms with Crippen LogP contribution in [-0.4, -0.2) is 5.91 Å². The lowest BCUT2D eigenvalue weighted by atomic mass is 10.1. The minimum absolute atomic E-state index is 0.126. The zero-order chi connectivity index (χ0) is 14.2. The number of hydrogen-bond donors (Lipinski definition) is 2. The van der Waals surface area contributed by atoms with Crippen LogP contribution < -0.4 is 11.1 Å². The van der Waals surface area contributed by atoms with Crippen LogP contribution in [0.15, 0.2) is 22.0 Å². The minimum Gasteiger partial charge on any atom is -0.397 e. The Morgan fingerprint density at radius 3 is 2.53 bits per heavy atom. The standard InChI is InChI=1S/C14H15BrN2OS/c1-7-4-5-10(16)12(9(7)3)17-14(18)11-6-8(2)13(15)19-11/h4-6H,16H2,1-3H3,(H,17,18). The molecule has 0 aliphatic carbocycles. The summed E-state index contributed by atoms with van der Waals surface area (Å²) >= 11 is 4.85. The van der Waals surface area contributed by atoms with Gasteiger partial charge in [0.15, 0.2) is 0 Å². The van der Waals surface area contributed by atoms with E-state index < -0.39 is 0 Å². The molecule has 3 nitrogen and oxygen atoms in total. The smallest absolute Gasteiger partial charge is 0.265 e. The lowest BCUT2D eigenvalue weighted by Gasteiger charge is -2.12. The predicted molar refractivity (Wildman–Crippen MR) is 85.0 cm³/mol. The predicted octanol–water partition coefficient (Wildman–Crippen LogP) is 4.27. The number of amides is 1. The van der Waals surface area contributed by atoms with Crippen LogP contribution in [0.3, 0.4) is 0 Å². The number of nitrogen functional groups attached to an aromatic ring is 1. The van der Waals surface area contributed by atoms with E-state index >= 15 is 0 Å². The summed E-state index contributed by atoms with van der Waals surface area (Å²) < 4.78 is 0.978. The van der Waals surface area contributed by atoms with Crippen LogP contribution in [0, 0.1) is 20.8 Å². The Balaban J connectivity index is 2.31. The second-order valence-electron chi connectivity index (χ2n) is 4.49. The maximum atomic E-state index is 12.2. The first-order valence-corrected chi connectivity index (χ1v) is 7.44. The Kier molecular flexibility index (Phi) is 3.96. The van der Waals surface area contributed by atoms with Crippen LogP contribution in [0.1, 0.15) is 26.4 Å². The van der Waals surface area contributed by atoms with Crippen molar-refractivity contribution in [1.29, 1.82) is 0 Å². The Hall–Kier alpha value is -1.33. The summed E-state index contributed by atoms with van der Waals surface area (Å²) in [5.74, 6) is -0.126. The molecule has 1 amide bonds. The van der Waals surface area contributed by atoms with Crippen LogP contribution in [0.4, 0.5) is 11.4 Å². The molecule has 19 heavy (non-hydrogen) atoms. The Labute approximate surface area is 125 Å². The molecule has 0 unspecified atom stereocenters. The summed E-state index contributed by atoms with van der Waals surface area (Å²) in [4.78, 5) is 12.9. The van der Waals surface area contributed by atoms with E-state index in [0.29, 0.717) is 16.3 Å². The van der Waals surface area contributed by atoms with Gasteiger partial charge in [-0.2, -0.15) is 0 Å². The maximum Gasteiger partial charge on any atom is 0.265 e. The number of carbonyl (C=O) groups is 1. The molecule has 0 spiro atoms. The third-order valence-corrected chi connectivity index (χ3v) is 5.22. The Bertz CT molecular complexity index is 630. The van der Waals surface area contributed by atoms with Crippen molar-refractivity contribution in [3.8, 4) is 0 Å². The summed E-state index contributed by atoms with van der Waals surface area (Å²) in [5.41, 5.74) is 10.4. The topological polar surface area (TPSA) is 55.1 Å². The molecule has 0 bridgehead atoms. The van der Waals surface area contributed by atoms with Crippen molar-refractivity contribution in [3.63, 3.8) is 0 Å². The summed E-state index contributed by atoms with van der Waals surface area (Å²) in [7, 11) is 0. The van der Waals surface area contributed by atoms with Gasteiger partial charge in [0.2, 0.25) is 0 Å². The Morgan fingerprint density at radius 1 is 1.26 bits per heavy atom. The highest BCUT2D eigenvalue weighted by molar-refractivity contribution is 9.11. The third-order valence-electron chi connectivity index (χ3n) is 3.09. The van der Waals surface area contributed by atoms with Gasteiger partial charge in [0.05, 0.1) is 20.0 Å². The van der Waals surface area contributed by atoms with Crippen LogP contribution in [-0.2, 0) is 0 Å². The number of rotatable bonds is 2. The van der Waals surface area contributed by atoms with Gasteiger partial charge in [-0.1, -0.05) is 6.07 Å². The van der Waals surface area contributed by atoms with Crippen LogP contribution in [0.5, 0.6) is 0 Å². The molecule has 1 heterocycles. The highest BCUT2D eigenvalue weighted by atomic mass is 79.9. The summed E-state index contributed by atoms with van der Waals surface area (Å²) in [6.45, 7) is 5.91. The van der Waals surface area contributed by atoms with E-state index in [4.69, 9.17) is 5.73 Å². The van der Waals surface area contributed by atoms with Gasteiger partial charge in [0, 0.05) is 0 Å². The average molecular weight is 339 g/mol. The average Bonchev–Trinajstić information content (AvgIpc) is 2.70. The highest BCUT2D eigenvalue weighted by Crippen LogP contribution is 2.30. The molecular formula is C14H15BrN2OS. The molecule has 0 aliphatic heterocycles. The van der Waals surface area contributed by atoms with Gasteiger partial charge in [-0.15, -0.1) is 11.3 Å². The van der Waals surface area contributed by atoms with Gasteiger partial charge in [-0.05, 0) is 65.5 Å². The summed E-state index contributed by atoms with van der Waals surface area (Å²) in [5, 5.41) is 2.90. The molecule has 0 saturated heterocycles. The lowest BCUT2D eigenvalue weighted by Crippen LogP contribution is -2.13. The van der Waals surface area contributed by atoms with Crippen LogP contribution in [0.2, 0.25) is 0 Å². The molecule has 2 rings (SSSR count). The number of anilines is 2. The SMILES string of the molecule is Cc1cc(C(=O)Nc2c(N)ccc(C)c2C)sc1Br. The minimum atomic E-state index is -0.126. The largest absolute Gasteiger partial charge is 0.397 e. The van der Waals surface area contributed by atoms with Crippen molar-refractivity contribution >= 4 is 44.5 Å². The van der Waals surface area contributed by atoms with E-state index in [1.54, 1.807) is 0 Å². The molecule has 0 saturated carbocycles. The molecular weight excluding hydrogens is 324 g/mol. The number of nitrogens with one attached hydrogen (secondary N) is 1. The van der Waals surface area contributed by atoms with E-state index in [1.807, 2.05) is 39.0 Å². The van der Waals surface area contributed by atoms with Crippen molar-refractivity contribution in [1.82, 2.24) is 0 Å². The van der Waals surface area contributed by atoms with E-state index in [-0.39, 0.29) is 5.91 Å². The number of nitrogens with two attached hydrogens (primary N) is 1. The molecule has 5 heteroatoms. The van der Waals surface area contributed by atoms with Crippen molar-refractivity contribution in [2.75, 3.05) is 11.1 Å². The Morgan fingerprint density at radius 2 is 1.95 bits per heavy atom. The first-order chi connectivity index (χ1) is 8.90. The van der Waals surface area contributed by atoms with E-state index in [1.165, 1.54) is 11.3 Å². The molecule has 100 valence electrons. The van der Waals surface area contributed by atoms with Gasteiger partial charge in [-0.3, -0.25) is 4.79 Å². The van der Waals surface area contributed by atoms with Crippen molar-refractivity contribution in [2.45, 2.75) is 20.8 Å². The van der Waals surface area contributed by atoms with Crippen molar-refractivity contribution < 1.29 is 4.79 Å². The second kappa shape index (κ2) is 5.35.